The Kier molecular flexibility index (Phi) is 7.77. The van der Waals surface area contributed by atoms with Gasteiger partial charge in [-0.25, -0.2) is 6.57 Å². The van der Waals surface area contributed by atoms with Crippen LogP contribution < -0.4 is 0 Å². The first-order valence-corrected chi connectivity index (χ1v) is 11.9. The van der Waals surface area contributed by atoms with Crippen LogP contribution in [0.4, 0.5) is 0 Å². The second kappa shape index (κ2) is 10.1. The van der Waals surface area contributed by atoms with E-state index < -0.39 is 12.2 Å². The van der Waals surface area contributed by atoms with Crippen molar-refractivity contribution in [1.29, 1.82) is 0 Å². The summed E-state index contributed by atoms with van der Waals surface area (Å²) in [5.41, 5.74) is 2.16. The lowest BCUT2D eigenvalue weighted by molar-refractivity contribution is -0.0441. The highest BCUT2D eigenvalue weighted by Crippen LogP contribution is 2.54. The molecule has 5 atom stereocenters. The Morgan fingerprint density at radius 1 is 1.17 bits per heavy atom. The van der Waals surface area contributed by atoms with Gasteiger partial charge in [-0.05, 0) is 36.8 Å². The first-order valence-electron chi connectivity index (χ1n) is 11.9. The topological polar surface area (TPSA) is 44.8 Å². The minimum absolute atomic E-state index is 0.0198. The van der Waals surface area contributed by atoms with Gasteiger partial charge in [-0.2, -0.15) is 0 Å². The van der Waals surface area contributed by atoms with E-state index in [0.29, 0.717) is 6.42 Å². The molecular weight excluding hydrogens is 358 g/mol. The molecule has 3 nitrogen and oxygen atoms in total. The molecule has 2 aliphatic rings. The fraction of sp³-hybridized carbons (Fsp3) is 0.731. The molecule has 0 amide bonds. The van der Waals surface area contributed by atoms with Gasteiger partial charge in [0, 0.05) is 23.7 Å². The summed E-state index contributed by atoms with van der Waals surface area (Å²) in [5, 5.41) is 22.1. The quantitative estimate of drug-likeness (QED) is 0.354. The van der Waals surface area contributed by atoms with E-state index in [4.69, 9.17) is 6.57 Å². The third-order valence-corrected chi connectivity index (χ3v) is 7.70. The second-order valence-electron chi connectivity index (χ2n) is 9.58. The van der Waals surface area contributed by atoms with Crippen molar-refractivity contribution in [3.8, 4) is 0 Å². The van der Waals surface area contributed by atoms with Gasteiger partial charge in [-0.1, -0.05) is 76.6 Å². The summed E-state index contributed by atoms with van der Waals surface area (Å²) >= 11 is 0. The molecule has 160 valence electrons. The average molecular weight is 398 g/mol. The maximum atomic E-state index is 11.2. The smallest absolute Gasteiger partial charge is 0.229 e. The van der Waals surface area contributed by atoms with Crippen LogP contribution in [0.2, 0.25) is 0 Å². The normalized spacial score (nSPS) is 29.2. The average Bonchev–Trinajstić information content (AvgIpc) is 3.03. The van der Waals surface area contributed by atoms with Crippen molar-refractivity contribution in [1.82, 2.24) is 0 Å². The van der Waals surface area contributed by atoms with Crippen molar-refractivity contribution in [2.45, 2.75) is 109 Å². The van der Waals surface area contributed by atoms with E-state index in [1.807, 2.05) is 12.1 Å². The van der Waals surface area contributed by atoms with Gasteiger partial charge >= 0.3 is 0 Å². The van der Waals surface area contributed by atoms with Crippen molar-refractivity contribution in [3.63, 3.8) is 0 Å². The Bertz CT molecular complexity index is 690. The monoisotopic (exact) mass is 397 g/mol. The van der Waals surface area contributed by atoms with Crippen molar-refractivity contribution in [2.75, 3.05) is 0 Å². The summed E-state index contributed by atoms with van der Waals surface area (Å²) in [5.74, 6) is 0.242. The zero-order valence-electron chi connectivity index (χ0n) is 18.3. The number of nitrogens with zero attached hydrogens (tertiary/aromatic N) is 1. The molecule has 29 heavy (non-hydrogen) atoms. The molecule has 0 bridgehead atoms. The lowest BCUT2D eigenvalue weighted by atomic mass is 9.61. The number of hydrogen-bond donors (Lipinski definition) is 2. The molecule has 3 unspecified atom stereocenters. The number of aliphatic hydroxyl groups excluding tert-OH is 2. The van der Waals surface area contributed by atoms with Crippen molar-refractivity contribution < 1.29 is 10.2 Å². The van der Waals surface area contributed by atoms with E-state index in [2.05, 4.69) is 30.8 Å². The number of benzene rings is 1. The minimum atomic E-state index is -0.453. The summed E-state index contributed by atoms with van der Waals surface area (Å²) in [7, 11) is 0. The third-order valence-electron chi connectivity index (χ3n) is 7.70. The minimum Gasteiger partial charge on any atom is -0.392 e. The fourth-order valence-electron chi connectivity index (χ4n) is 5.97. The number of unbranched alkanes of at least 4 members (excludes halogenated alkanes) is 3. The van der Waals surface area contributed by atoms with Crippen LogP contribution in [-0.4, -0.2) is 22.4 Å². The lowest BCUT2D eigenvalue weighted by Crippen LogP contribution is -2.36. The maximum absolute atomic E-state index is 11.2. The molecule has 0 saturated heterocycles. The van der Waals surface area contributed by atoms with Gasteiger partial charge in [0.15, 0.2) is 0 Å². The molecule has 3 heteroatoms. The second-order valence-corrected chi connectivity index (χ2v) is 9.58. The Morgan fingerprint density at radius 2 is 1.97 bits per heavy atom. The number of aliphatic hydroxyl groups is 2. The largest absolute Gasteiger partial charge is 0.392 e. The molecule has 1 aromatic carbocycles. The van der Waals surface area contributed by atoms with E-state index >= 15 is 0 Å². The predicted octanol–water partition coefficient (Wildman–Crippen LogP) is 6.41. The van der Waals surface area contributed by atoms with E-state index in [-0.39, 0.29) is 23.3 Å². The number of hydrogen-bond acceptors (Lipinski definition) is 2. The molecule has 2 saturated carbocycles. The Hall–Kier alpha value is -1.37. The zero-order chi connectivity index (χ0) is 20.9. The van der Waals surface area contributed by atoms with E-state index in [1.165, 1.54) is 25.7 Å². The van der Waals surface area contributed by atoms with Crippen LogP contribution in [0.3, 0.4) is 0 Å². The SMILES string of the molecule is [C-]#[N+][C@@H]1C[C@@H](O)C(c2cccc(C(O)C3(CCC)CCC3)c2)C1CCCCCC. The molecule has 0 spiro atoms. The summed E-state index contributed by atoms with van der Waals surface area (Å²) in [4.78, 5) is 3.88. The molecule has 0 aliphatic heterocycles. The Balaban J connectivity index is 1.80. The molecule has 0 aromatic heterocycles. The molecular formula is C26H39NO2. The summed E-state index contributed by atoms with van der Waals surface area (Å²) in [6.45, 7) is 12.1. The molecule has 3 rings (SSSR count). The van der Waals surface area contributed by atoms with Gasteiger partial charge in [0.2, 0.25) is 6.04 Å². The standard InChI is InChI=1S/C26H39NO2/c1-4-6-7-8-13-21-22(27-3)18-23(28)24(21)19-11-9-12-20(17-19)25(29)26(14-5-2)15-10-16-26/h9,11-12,17,21-25,28-29H,4-8,10,13-16,18H2,1-2H3/t21?,22-,23-,24?,25?/m1/s1. The molecule has 0 radical (unpaired) electrons. The molecule has 0 heterocycles. The number of rotatable bonds is 10. The third kappa shape index (κ3) is 4.70. The van der Waals surface area contributed by atoms with Gasteiger partial charge in [0.05, 0.1) is 12.2 Å². The van der Waals surface area contributed by atoms with Crippen LogP contribution >= 0.6 is 0 Å². The molecule has 2 fully saturated rings. The van der Waals surface area contributed by atoms with Gasteiger partial charge in [0.1, 0.15) is 0 Å². The Morgan fingerprint density at radius 3 is 2.59 bits per heavy atom. The maximum Gasteiger partial charge on any atom is 0.229 e. The molecule has 2 aliphatic carbocycles. The highest BCUT2D eigenvalue weighted by molar-refractivity contribution is 5.32. The van der Waals surface area contributed by atoms with Crippen LogP contribution in [0, 0.1) is 17.9 Å². The van der Waals surface area contributed by atoms with E-state index in [0.717, 1.165) is 49.7 Å². The molecule has 2 N–H and O–H groups in total. The highest BCUT2D eigenvalue weighted by atomic mass is 16.3. The van der Waals surface area contributed by atoms with Crippen LogP contribution in [0.25, 0.3) is 4.85 Å². The van der Waals surface area contributed by atoms with Crippen molar-refractivity contribution in [2.24, 2.45) is 11.3 Å². The summed E-state index contributed by atoms with van der Waals surface area (Å²) in [6.07, 6.45) is 11.1. The fourth-order valence-corrected chi connectivity index (χ4v) is 5.97. The first kappa shape index (κ1) is 22.3. The van der Waals surface area contributed by atoms with E-state index in [9.17, 15) is 10.2 Å². The highest BCUT2D eigenvalue weighted by Gasteiger charge is 2.47. The summed E-state index contributed by atoms with van der Waals surface area (Å²) < 4.78 is 0. The zero-order valence-corrected chi connectivity index (χ0v) is 18.3. The van der Waals surface area contributed by atoms with Crippen LogP contribution in [-0.2, 0) is 0 Å². The van der Waals surface area contributed by atoms with Gasteiger partial charge < -0.3 is 15.1 Å². The predicted molar refractivity (Wildman–Crippen MR) is 119 cm³/mol. The van der Waals surface area contributed by atoms with Crippen LogP contribution in [0.5, 0.6) is 0 Å². The van der Waals surface area contributed by atoms with Crippen molar-refractivity contribution >= 4 is 0 Å². The van der Waals surface area contributed by atoms with Gasteiger partial charge in [0.25, 0.3) is 0 Å². The van der Waals surface area contributed by atoms with E-state index in [1.54, 1.807) is 0 Å². The molecule has 1 aromatic rings. The van der Waals surface area contributed by atoms with Crippen LogP contribution in [0.1, 0.15) is 108 Å². The van der Waals surface area contributed by atoms with Crippen molar-refractivity contribution in [3.05, 3.63) is 46.8 Å². The van der Waals surface area contributed by atoms with Gasteiger partial charge in [-0.15, -0.1) is 0 Å². The van der Waals surface area contributed by atoms with Gasteiger partial charge in [-0.3, -0.25) is 0 Å². The van der Waals surface area contributed by atoms with Crippen LogP contribution in [0.15, 0.2) is 24.3 Å². The first-order chi connectivity index (χ1) is 14.1. The lowest BCUT2D eigenvalue weighted by Gasteiger charge is -2.46. The summed E-state index contributed by atoms with van der Waals surface area (Å²) in [6, 6.07) is 8.25. The Labute approximate surface area is 177 Å².